The van der Waals surface area contributed by atoms with E-state index >= 15 is 0 Å². The first-order valence-corrected chi connectivity index (χ1v) is 6.10. The van der Waals surface area contributed by atoms with Gasteiger partial charge in [0.15, 0.2) is 0 Å². The monoisotopic (exact) mass is 208 g/mol. The number of hydrogen-bond acceptors (Lipinski definition) is 0. The molecule has 3 atom stereocenters. The standard InChI is InChI=1S/C15H28/c1-10(2)12(5)9-13(6)15(8)14(7)11(3)4/h10,12,14-15H,3,6,9H2,1-2,4-5,7-8H3. The number of rotatable bonds is 6. The minimum absolute atomic E-state index is 0.553. The van der Waals surface area contributed by atoms with Crippen LogP contribution in [0, 0.1) is 23.7 Å². The second kappa shape index (κ2) is 6.15. The molecule has 0 aliphatic rings. The molecule has 0 spiro atoms. The lowest BCUT2D eigenvalue weighted by Crippen LogP contribution is -2.14. The van der Waals surface area contributed by atoms with Gasteiger partial charge in [-0.25, -0.2) is 0 Å². The fourth-order valence-corrected chi connectivity index (χ4v) is 1.62. The third kappa shape index (κ3) is 4.68. The van der Waals surface area contributed by atoms with Gasteiger partial charge in [-0.05, 0) is 37.0 Å². The van der Waals surface area contributed by atoms with E-state index in [1.54, 1.807) is 0 Å². The molecule has 0 aliphatic carbocycles. The molecule has 15 heavy (non-hydrogen) atoms. The molecule has 3 unspecified atom stereocenters. The van der Waals surface area contributed by atoms with Crippen molar-refractivity contribution < 1.29 is 0 Å². The molecule has 0 nitrogen and oxygen atoms in total. The van der Waals surface area contributed by atoms with Crippen LogP contribution in [0.25, 0.3) is 0 Å². The molecule has 0 aromatic rings. The van der Waals surface area contributed by atoms with Crippen molar-refractivity contribution in [1.29, 1.82) is 0 Å². The minimum Gasteiger partial charge on any atom is -0.0998 e. The van der Waals surface area contributed by atoms with Gasteiger partial charge >= 0.3 is 0 Å². The average Bonchev–Trinajstić information content (AvgIpc) is 2.14. The van der Waals surface area contributed by atoms with Crippen LogP contribution >= 0.6 is 0 Å². The molecule has 0 aromatic heterocycles. The second-order valence-corrected chi connectivity index (χ2v) is 5.51. The lowest BCUT2D eigenvalue weighted by molar-refractivity contribution is 0.386. The first-order chi connectivity index (χ1) is 6.77. The molecular formula is C15H28. The van der Waals surface area contributed by atoms with Crippen molar-refractivity contribution in [3.8, 4) is 0 Å². The summed E-state index contributed by atoms with van der Waals surface area (Å²) in [6.45, 7) is 21.8. The van der Waals surface area contributed by atoms with Crippen LogP contribution in [0.15, 0.2) is 24.3 Å². The molecular weight excluding hydrogens is 180 g/mol. The second-order valence-electron chi connectivity index (χ2n) is 5.51. The Balaban J connectivity index is 4.27. The summed E-state index contributed by atoms with van der Waals surface area (Å²) in [5, 5.41) is 0. The predicted molar refractivity (Wildman–Crippen MR) is 70.9 cm³/mol. The van der Waals surface area contributed by atoms with E-state index in [1.165, 1.54) is 11.1 Å². The molecule has 0 N–H and O–H groups in total. The molecule has 0 amide bonds. The van der Waals surface area contributed by atoms with Crippen LogP contribution in [-0.2, 0) is 0 Å². The summed E-state index contributed by atoms with van der Waals surface area (Å²) in [6, 6.07) is 0. The Labute approximate surface area is 96.5 Å². The van der Waals surface area contributed by atoms with Crippen molar-refractivity contribution in [2.45, 2.75) is 48.0 Å². The molecule has 0 saturated carbocycles. The van der Waals surface area contributed by atoms with Gasteiger partial charge in [0.25, 0.3) is 0 Å². The van der Waals surface area contributed by atoms with Gasteiger partial charge in [-0.3, -0.25) is 0 Å². The number of hydrogen-bond donors (Lipinski definition) is 0. The van der Waals surface area contributed by atoms with E-state index in [1.807, 2.05) is 0 Å². The van der Waals surface area contributed by atoms with E-state index in [0.29, 0.717) is 11.8 Å². The fraction of sp³-hybridized carbons (Fsp3) is 0.733. The molecule has 88 valence electrons. The molecule has 0 aliphatic heterocycles. The topological polar surface area (TPSA) is 0 Å². The first kappa shape index (κ1) is 14.5. The van der Waals surface area contributed by atoms with Crippen LogP contribution in [0.1, 0.15) is 48.0 Å². The van der Waals surface area contributed by atoms with Crippen molar-refractivity contribution in [2.24, 2.45) is 23.7 Å². The Morgan fingerprint density at radius 1 is 0.933 bits per heavy atom. The first-order valence-electron chi connectivity index (χ1n) is 6.10. The maximum absolute atomic E-state index is 4.24. The summed E-state index contributed by atoms with van der Waals surface area (Å²) >= 11 is 0. The third-order valence-electron chi connectivity index (χ3n) is 3.89. The summed E-state index contributed by atoms with van der Waals surface area (Å²) in [5.41, 5.74) is 2.65. The zero-order valence-electron chi connectivity index (χ0n) is 11.4. The SMILES string of the molecule is C=C(C)C(C)C(C)C(=C)CC(C)C(C)C. The van der Waals surface area contributed by atoms with E-state index in [2.05, 4.69) is 54.7 Å². The molecule has 0 bridgehead atoms. The highest BCUT2D eigenvalue weighted by atomic mass is 14.2. The van der Waals surface area contributed by atoms with Crippen molar-refractivity contribution in [3.63, 3.8) is 0 Å². The van der Waals surface area contributed by atoms with E-state index < -0.39 is 0 Å². The van der Waals surface area contributed by atoms with Crippen LogP contribution in [0.2, 0.25) is 0 Å². The quantitative estimate of drug-likeness (QED) is 0.534. The smallest absolute Gasteiger partial charge is 0.0171 e. The van der Waals surface area contributed by atoms with Gasteiger partial charge in [0.2, 0.25) is 0 Å². The van der Waals surface area contributed by atoms with Gasteiger partial charge in [-0.2, -0.15) is 0 Å². The highest BCUT2D eigenvalue weighted by Crippen LogP contribution is 2.30. The van der Waals surface area contributed by atoms with E-state index in [4.69, 9.17) is 0 Å². The molecule has 0 fully saturated rings. The van der Waals surface area contributed by atoms with Crippen LogP contribution in [0.3, 0.4) is 0 Å². The van der Waals surface area contributed by atoms with Gasteiger partial charge in [-0.15, -0.1) is 0 Å². The Morgan fingerprint density at radius 2 is 1.40 bits per heavy atom. The summed E-state index contributed by atoms with van der Waals surface area (Å²) in [7, 11) is 0. The van der Waals surface area contributed by atoms with Crippen LogP contribution in [0.4, 0.5) is 0 Å². The Kier molecular flexibility index (Phi) is 5.93. The van der Waals surface area contributed by atoms with Gasteiger partial charge in [0, 0.05) is 0 Å². The molecule has 0 heteroatoms. The van der Waals surface area contributed by atoms with Gasteiger partial charge in [0.05, 0.1) is 0 Å². The fourth-order valence-electron chi connectivity index (χ4n) is 1.62. The van der Waals surface area contributed by atoms with Crippen LogP contribution in [-0.4, -0.2) is 0 Å². The molecule has 0 rings (SSSR count). The van der Waals surface area contributed by atoms with Gasteiger partial charge < -0.3 is 0 Å². The molecule has 0 radical (unpaired) electrons. The Hall–Kier alpha value is -0.520. The van der Waals surface area contributed by atoms with Crippen molar-refractivity contribution >= 4 is 0 Å². The Morgan fingerprint density at radius 3 is 1.73 bits per heavy atom. The van der Waals surface area contributed by atoms with Gasteiger partial charge in [-0.1, -0.05) is 58.9 Å². The lowest BCUT2D eigenvalue weighted by Gasteiger charge is -2.25. The van der Waals surface area contributed by atoms with E-state index in [9.17, 15) is 0 Å². The maximum Gasteiger partial charge on any atom is -0.0171 e. The van der Waals surface area contributed by atoms with Crippen LogP contribution < -0.4 is 0 Å². The van der Waals surface area contributed by atoms with E-state index in [0.717, 1.165) is 18.3 Å². The minimum atomic E-state index is 0.553. The Bertz CT molecular complexity index is 222. The summed E-state index contributed by atoms with van der Waals surface area (Å²) in [4.78, 5) is 0. The van der Waals surface area contributed by atoms with Gasteiger partial charge in [0.1, 0.15) is 0 Å². The van der Waals surface area contributed by atoms with Crippen molar-refractivity contribution in [1.82, 2.24) is 0 Å². The summed E-state index contributed by atoms with van der Waals surface area (Å²) in [6.07, 6.45) is 1.15. The number of allylic oxidation sites excluding steroid dienone is 2. The lowest BCUT2D eigenvalue weighted by atomic mass is 9.80. The van der Waals surface area contributed by atoms with Crippen molar-refractivity contribution in [3.05, 3.63) is 24.3 Å². The summed E-state index contributed by atoms with van der Waals surface area (Å²) in [5.74, 6) is 2.59. The van der Waals surface area contributed by atoms with E-state index in [-0.39, 0.29) is 0 Å². The molecule has 0 heterocycles. The third-order valence-corrected chi connectivity index (χ3v) is 3.89. The molecule has 0 saturated heterocycles. The average molecular weight is 208 g/mol. The zero-order valence-corrected chi connectivity index (χ0v) is 11.4. The zero-order chi connectivity index (χ0) is 12.2. The predicted octanol–water partition coefficient (Wildman–Crippen LogP) is 5.07. The normalized spacial score (nSPS) is 17.3. The summed E-state index contributed by atoms with van der Waals surface area (Å²) < 4.78 is 0. The van der Waals surface area contributed by atoms with Crippen molar-refractivity contribution in [2.75, 3.05) is 0 Å². The maximum atomic E-state index is 4.24. The highest BCUT2D eigenvalue weighted by Gasteiger charge is 2.18. The van der Waals surface area contributed by atoms with Crippen LogP contribution in [0.5, 0.6) is 0 Å². The highest BCUT2D eigenvalue weighted by molar-refractivity contribution is 5.09. The largest absolute Gasteiger partial charge is 0.0998 e. The molecule has 0 aromatic carbocycles.